The number of piperidine rings is 1. The van der Waals surface area contributed by atoms with Crippen LogP contribution >= 0.6 is 24.0 Å². The van der Waals surface area contributed by atoms with Crippen LogP contribution in [-0.2, 0) is 6.54 Å². The van der Waals surface area contributed by atoms with Gasteiger partial charge in [-0.15, -0.1) is 24.0 Å². The smallest absolute Gasteiger partial charge is 0.191 e. The topological polar surface area (TPSA) is 57.5 Å². The van der Waals surface area contributed by atoms with Crippen molar-refractivity contribution in [2.75, 3.05) is 19.6 Å². The van der Waals surface area contributed by atoms with E-state index >= 15 is 0 Å². The van der Waals surface area contributed by atoms with Crippen molar-refractivity contribution in [1.82, 2.24) is 25.3 Å². The van der Waals surface area contributed by atoms with Crippen LogP contribution in [0.15, 0.2) is 35.3 Å². The third-order valence-corrected chi connectivity index (χ3v) is 5.78. The number of aryl methyl sites for hydroxylation is 1. The van der Waals surface area contributed by atoms with Gasteiger partial charge in [0.05, 0.1) is 17.9 Å². The number of nitrogens with zero attached hydrogens (tertiary/aromatic N) is 4. The van der Waals surface area contributed by atoms with E-state index < -0.39 is 0 Å². The molecule has 3 rings (SSSR count). The molecular formula is C23H37IN6. The molecule has 0 radical (unpaired) electrons. The molecule has 1 fully saturated rings. The van der Waals surface area contributed by atoms with Crippen molar-refractivity contribution < 1.29 is 0 Å². The van der Waals surface area contributed by atoms with Crippen molar-refractivity contribution in [1.29, 1.82) is 0 Å². The van der Waals surface area contributed by atoms with Gasteiger partial charge < -0.3 is 15.5 Å². The fourth-order valence-corrected chi connectivity index (χ4v) is 3.96. The molecule has 2 N–H and O–H groups in total. The van der Waals surface area contributed by atoms with Gasteiger partial charge in [-0.1, -0.05) is 18.2 Å². The highest BCUT2D eigenvalue weighted by Crippen LogP contribution is 2.19. The lowest BCUT2D eigenvalue weighted by Crippen LogP contribution is -2.49. The Hall–Kier alpha value is -1.61. The monoisotopic (exact) mass is 524 g/mol. The minimum atomic E-state index is 0. The SMILES string of the molecule is CCNC(=NCc1c(C)nn(-c2ccccc2)c1C)NC1CCN(C(C)C)CC1.I. The van der Waals surface area contributed by atoms with E-state index in [0.717, 1.165) is 55.5 Å². The summed E-state index contributed by atoms with van der Waals surface area (Å²) in [5, 5.41) is 11.8. The first-order valence-electron chi connectivity index (χ1n) is 10.9. The fraction of sp³-hybridized carbons (Fsp3) is 0.565. The number of halogens is 1. The largest absolute Gasteiger partial charge is 0.357 e. The Morgan fingerprint density at radius 2 is 1.83 bits per heavy atom. The van der Waals surface area contributed by atoms with E-state index in [1.807, 2.05) is 22.9 Å². The number of benzene rings is 1. The van der Waals surface area contributed by atoms with Crippen LogP contribution in [0.2, 0.25) is 0 Å². The zero-order valence-corrected chi connectivity index (χ0v) is 21.3. The van der Waals surface area contributed by atoms with Crippen LogP contribution < -0.4 is 10.6 Å². The molecule has 0 unspecified atom stereocenters. The van der Waals surface area contributed by atoms with Crippen LogP contribution in [0.3, 0.4) is 0 Å². The second-order valence-corrected chi connectivity index (χ2v) is 8.14. The fourth-order valence-electron chi connectivity index (χ4n) is 3.96. The molecule has 7 heteroatoms. The summed E-state index contributed by atoms with van der Waals surface area (Å²) in [5.41, 5.74) is 4.47. The molecule has 2 aromatic rings. The average molecular weight is 524 g/mol. The summed E-state index contributed by atoms with van der Waals surface area (Å²) >= 11 is 0. The summed E-state index contributed by atoms with van der Waals surface area (Å²) in [4.78, 5) is 7.44. The molecule has 166 valence electrons. The van der Waals surface area contributed by atoms with E-state index in [-0.39, 0.29) is 24.0 Å². The molecule has 6 nitrogen and oxygen atoms in total. The first-order valence-corrected chi connectivity index (χ1v) is 10.9. The Morgan fingerprint density at radius 3 is 2.43 bits per heavy atom. The summed E-state index contributed by atoms with van der Waals surface area (Å²) in [6.45, 7) is 14.6. The van der Waals surface area contributed by atoms with Crippen LogP contribution in [-0.4, -0.2) is 52.4 Å². The number of rotatable bonds is 6. The number of nitrogens with one attached hydrogen (secondary N) is 2. The summed E-state index contributed by atoms with van der Waals surface area (Å²) in [5.74, 6) is 0.904. The molecule has 1 saturated heterocycles. The van der Waals surface area contributed by atoms with Gasteiger partial charge in [0.1, 0.15) is 0 Å². The van der Waals surface area contributed by atoms with Crippen molar-refractivity contribution >= 4 is 29.9 Å². The van der Waals surface area contributed by atoms with Gasteiger partial charge in [0.2, 0.25) is 0 Å². The van der Waals surface area contributed by atoms with E-state index in [4.69, 9.17) is 10.1 Å². The number of para-hydroxylation sites is 1. The average Bonchev–Trinajstić information content (AvgIpc) is 3.01. The molecule has 1 aromatic carbocycles. The van der Waals surface area contributed by atoms with Gasteiger partial charge in [-0.25, -0.2) is 9.67 Å². The zero-order chi connectivity index (χ0) is 20.8. The minimum absolute atomic E-state index is 0. The molecule has 0 amide bonds. The van der Waals surface area contributed by atoms with Crippen LogP contribution in [0, 0.1) is 13.8 Å². The first-order chi connectivity index (χ1) is 14.0. The van der Waals surface area contributed by atoms with Gasteiger partial charge in [0.15, 0.2) is 5.96 Å². The number of guanidine groups is 1. The van der Waals surface area contributed by atoms with Crippen LogP contribution in [0.1, 0.15) is 50.6 Å². The molecule has 1 aliphatic heterocycles. The number of likely N-dealkylation sites (tertiary alicyclic amines) is 1. The van der Waals surface area contributed by atoms with Gasteiger partial charge in [0, 0.05) is 43.0 Å². The van der Waals surface area contributed by atoms with Crippen molar-refractivity contribution in [3.8, 4) is 5.69 Å². The van der Waals surface area contributed by atoms with Crippen molar-refractivity contribution in [2.45, 2.75) is 66.1 Å². The molecule has 0 saturated carbocycles. The zero-order valence-electron chi connectivity index (χ0n) is 19.0. The standard InChI is InChI=1S/C23H36N6.HI/c1-6-24-23(26-20-12-14-28(15-13-20)17(2)3)25-16-22-18(4)27-29(19(22)5)21-10-8-7-9-11-21;/h7-11,17,20H,6,12-16H2,1-5H3,(H2,24,25,26);1H. The lowest BCUT2D eigenvalue weighted by molar-refractivity contribution is 0.167. The highest BCUT2D eigenvalue weighted by molar-refractivity contribution is 14.0. The molecule has 30 heavy (non-hydrogen) atoms. The molecule has 0 aliphatic carbocycles. The second kappa shape index (κ2) is 11.7. The van der Waals surface area contributed by atoms with Crippen LogP contribution in [0.25, 0.3) is 5.69 Å². The molecule has 1 aliphatic rings. The molecule has 2 heterocycles. The highest BCUT2D eigenvalue weighted by atomic mass is 127. The van der Waals surface area contributed by atoms with Crippen molar-refractivity contribution in [3.63, 3.8) is 0 Å². The molecule has 0 bridgehead atoms. The third kappa shape index (κ3) is 6.20. The van der Waals surface area contributed by atoms with Gasteiger partial charge in [-0.3, -0.25) is 0 Å². The summed E-state index contributed by atoms with van der Waals surface area (Å²) in [6, 6.07) is 11.4. The Bertz CT molecular complexity index is 807. The predicted octanol–water partition coefficient (Wildman–Crippen LogP) is 4.04. The molecule has 0 spiro atoms. The summed E-state index contributed by atoms with van der Waals surface area (Å²) < 4.78 is 2.02. The van der Waals surface area contributed by atoms with Crippen LogP contribution in [0.5, 0.6) is 0 Å². The Labute approximate surface area is 198 Å². The van der Waals surface area contributed by atoms with Gasteiger partial charge in [0.25, 0.3) is 0 Å². The number of aromatic nitrogens is 2. The van der Waals surface area contributed by atoms with E-state index in [1.54, 1.807) is 0 Å². The number of hydrogen-bond donors (Lipinski definition) is 2. The maximum Gasteiger partial charge on any atom is 0.191 e. The van der Waals surface area contributed by atoms with E-state index in [0.29, 0.717) is 18.6 Å². The van der Waals surface area contributed by atoms with Gasteiger partial charge in [-0.2, -0.15) is 5.10 Å². The lowest BCUT2D eigenvalue weighted by Gasteiger charge is -2.35. The van der Waals surface area contributed by atoms with Crippen LogP contribution in [0.4, 0.5) is 0 Å². The summed E-state index contributed by atoms with van der Waals surface area (Å²) in [6.07, 6.45) is 2.32. The normalized spacial score (nSPS) is 15.9. The first kappa shape index (κ1) is 24.7. The van der Waals surface area contributed by atoms with E-state index in [2.05, 4.69) is 62.3 Å². The van der Waals surface area contributed by atoms with E-state index in [9.17, 15) is 0 Å². The molecule has 0 atom stereocenters. The number of hydrogen-bond acceptors (Lipinski definition) is 3. The maximum absolute atomic E-state index is 4.89. The van der Waals surface area contributed by atoms with E-state index in [1.165, 1.54) is 5.56 Å². The van der Waals surface area contributed by atoms with Crippen molar-refractivity contribution in [3.05, 3.63) is 47.3 Å². The summed E-state index contributed by atoms with van der Waals surface area (Å²) in [7, 11) is 0. The predicted molar refractivity (Wildman–Crippen MR) is 136 cm³/mol. The Morgan fingerprint density at radius 1 is 1.17 bits per heavy atom. The Balaban J connectivity index is 0.00000320. The Kier molecular flexibility index (Phi) is 9.61. The lowest BCUT2D eigenvalue weighted by atomic mass is 10.0. The number of aliphatic imine (C=N–C) groups is 1. The molecule has 1 aromatic heterocycles. The minimum Gasteiger partial charge on any atom is -0.357 e. The quantitative estimate of drug-likeness (QED) is 0.341. The van der Waals surface area contributed by atoms with Gasteiger partial charge >= 0.3 is 0 Å². The second-order valence-electron chi connectivity index (χ2n) is 8.14. The highest BCUT2D eigenvalue weighted by Gasteiger charge is 2.21. The van der Waals surface area contributed by atoms with Gasteiger partial charge in [-0.05, 0) is 59.6 Å². The van der Waals surface area contributed by atoms with Crippen molar-refractivity contribution in [2.24, 2.45) is 4.99 Å². The molecular weight excluding hydrogens is 487 g/mol. The maximum atomic E-state index is 4.89. The third-order valence-electron chi connectivity index (χ3n) is 5.78.